The maximum Gasteiger partial charge on any atom is 0.252 e. The van der Waals surface area contributed by atoms with Crippen LogP contribution in [0, 0.1) is 0 Å². The van der Waals surface area contributed by atoms with Gasteiger partial charge in [-0.25, -0.2) is 0 Å². The third-order valence-corrected chi connectivity index (χ3v) is 17.8. The lowest BCUT2D eigenvalue weighted by Gasteiger charge is -2.45. The van der Waals surface area contributed by atoms with E-state index in [0.29, 0.717) is 5.69 Å². The molecule has 0 saturated carbocycles. The summed E-state index contributed by atoms with van der Waals surface area (Å²) < 4.78 is 77.0. The Balaban J connectivity index is 1.19. The maximum atomic E-state index is 9.84. The first-order chi connectivity index (χ1) is 44.5. The molecule has 4 heteroatoms. The molecule has 3 nitrogen and oxygen atoms in total. The van der Waals surface area contributed by atoms with Crippen molar-refractivity contribution >= 4 is 79.0 Å². The SMILES string of the molecule is [2H]c1c([2H])c([2H])c2c(c1[2H])c1c([2H])c([2H])c([2H])c([2H])c1n2-c1cc2c3c(c1)N(c1ccccc1-c1ccccc1)c1ccc(-c4cc(C(C)(C)C)cc(C(C)(C)C)c4)cc1B3c1cc(-c3cc(C(C)(C)C)cc(C(C)(C)C)c3)ccc1N2c1ccccc1-c1ccccc1. The highest BCUT2D eigenvalue weighted by Crippen LogP contribution is 2.51. The first-order valence-electron chi connectivity index (χ1n) is 34.2. The van der Waals surface area contributed by atoms with Gasteiger partial charge < -0.3 is 14.4 Å². The molecule has 0 aliphatic carbocycles. The molecule has 0 bridgehead atoms. The van der Waals surface area contributed by atoms with E-state index >= 15 is 0 Å². The Bertz CT molecular complexity index is 4750. The summed E-state index contributed by atoms with van der Waals surface area (Å²) >= 11 is 0. The van der Waals surface area contributed by atoms with Gasteiger partial charge in [0.25, 0.3) is 6.71 Å². The Morgan fingerprint density at radius 3 is 1.06 bits per heavy atom. The number of fused-ring (bicyclic) bond motifs is 7. The van der Waals surface area contributed by atoms with Crippen molar-refractivity contribution in [2.75, 3.05) is 9.80 Å². The minimum absolute atomic E-state index is 0.0147. The van der Waals surface area contributed by atoms with Crippen molar-refractivity contribution in [3.05, 3.63) is 265 Å². The summed E-state index contributed by atoms with van der Waals surface area (Å²) in [4.78, 5) is 4.73. The second-order valence-electron chi connectivity index (χ2n) is 27.7. The summed E-state index contributed by atoms with van der Waals surface area (Å²) in [6.07, 6.45) is 0. The van der Waals surface area contributed by atoms with E-state index in [4.69, 9.17) is 2.74 Å². The van der Waals surface area contributed by atoms with Crippen LogP contribution in [0.1, 0.15) is 116 Å². The number of nitrogens with zero attached hydrogens (tertiary/aromatic N) is 3. The summed E-state index contributed by atoms with van der Waals surface area (Å²) in [6.45, 7) is 26.9. The number of benzene rings is 11. The van der Waals surface area contributed by atoms with Crippen LogP contribution in [-0.2, 0) is 21.7 Å². The maximum absolute atomic E-state index is 9.84. The van der Waals surface area contributed by atoms with Crippen LogP contribution in [0.5, 0.6) is 0 Å². The molecule has 0 saturated heterocycles. The van der Waals surface area contributed by atoms with E-state index in [1.807, 2.05) is 12.1 Å². The van der Waals surface area contributed by atoms with Crippen molar-refractivity contribution < 1.29 is 11.0 Å². The van der Waals surface area contributed by atoms with Crippen molar-refractivity contribution in [2.24, 2.45) is 0 Å². The van der Waals surface area contributed by atoms with Crippen molar-refractivity contribution in [1.82, 2.24) is 4.57 Å². The lowest BCUT2D eigenvalue weighted by Crippen LogP contribution is -2.61. The number of aromatic nitrogens is 1. The van der Waals surface area contributed by atoms with Gasteiger partial charge in [-0.2, -0.15) is 0 Å². The van der Waals surface area contributed by atoms with Crippen molar-refractivity contribution in [3.63, 3.8) is 0 Å². The molecule has 86 heavy (non-hydrogen) atoms. The van der Waals surface area contributed by atoms with Crippen LogP contribution < -0.4 is 26.2 Å². The molecule has 2 aliphatic rings. The van der Waals surface area contributed by atoms with E-state index in [-0.39, 0.29) is 67.6 Å². The van der Waals surface area contributed by atoms with Crippen LogP contribution in [0.2, 0.25) is 0 Å². The lowest BCUT2D eigenvalue weighted by molar-refractivity contribution is 0.568. The van der Waals surface area contributed by atoms with E-state index < -0.39 is 30.9 Å². The molecule has 3 heterocycles. The monoisotopic (exact) mass is 1120 g/mol. The van der Waals surface area contributed by atoms with Gasteiger partial charge in [0.15, 0.2) is 0 Å². The minimum atomic E-state index is -0.494. The van der Waals surface area contributed by atoms with Gasteiger partial charge in [0, 0.05) is 44.6 Å². The number of anilines is 6. The quantitative estimate of drug-likeness (QED) is 0.147. The van der Waals surface area contributed by atoms with Crippen LogP contribution in [0.25, 0.3) is 72.0 Å². The molecule has 11 aromatic carbocycles. The van der Waals surface area contributed by atoms with E-state index in [1.165, 1.54) is 22.3 Å². The first kappa shape index (κ1) is 46.2. The topological polar surface area (TPSA) is 11.4 Å². The number of hydrogen-bond donors (Lipinski definition) is 0. The van der Waals surface area contributed by atoms with Gasteiger partial charge in [0.05, 0.1) is 39.1 Å². The molecule has 0 spiro atoms. The van der Waals surface area contributed by atoms with Crippen LogP contribution in [0.15, 0.2) is 242 Å². The minimum Gasteiger partial charge on any atom is -0.311 e. The molecule has 14 rings (SSSR count). The van der Waals surface area contributed by atoms with Gasteiger partial charge in [-0.1, -0.05) is 277 Å². The molecule has 0 fully saturated rings. The number of rotatable bonds is 7. The summed E-state index contributed by atoms with van der Waals surface area (Å²) in [7, 11) is 0. The predicted molar refractivity (Wildman–Crippen MR) is 371 cm³/mol. The average molecular weight is 1120 g/mol. The molecule has 12 aromatic rings. The summed E-state index contributed by atoms with van der Waals surface area (Å²) in [6, 6.07) is 66.6. The lowest BCUT2D eigenvalue weighted by atomic mass is 9.33. The number of para-hydroxylation sites is 4. The summed E-state index contributed by atoms with van der Waals surface area (Å²) in [5, 5.41) is 0.0293. The molecule has 0 amide bonds. The van der Waals surface area contributed by atoms with Gasteiger partial charge in [-0.15, -0.1) is 0 Å². The smallest absolute Gasteiger partial charge is 0.252 e. The Kier molecular flexibility index (Phi) is 10.9. The fourth-order valence-corrected chi connectivity index (χ4v) is 13.1. The summed E-state index contributed by atoms with van der Waals surface area (Å²) in [5.41, 5.74) is 21.6. The Morgan fingerprint density at radius 2 is 0.674 bits per heavy atom. The second kappa shape index (κ2) is 20.3. The van der Waals surface area contributed by atoms with Gasteiger partial charge in [0.1, 0.15) is 0 Å². The zero-order chi connectivity index (χ0) is 66.6. The third kappa shape index (κ3) is 9.37. The van der Waals surface area contributed by atoms with Crippen LogP contribution in [0.3, 0.4) is 0 Å². The third-order valence-electron chi connectivity index (χ3n) is 17.8. The standard InChI is InChI=1S/C82H76BN3/c1-79(2,3)59-43-57(44-60(49-59)80(4,5)6)55-39-41-74-68(47-55)83-69-48-56(58-45-61(81(7,8)9)50-62(46-58)82(10,11)12)40-42-75(69)86(71-36-24-20-32-65(71)54-29-17-14-18-30-54)77-52-63(84-72-37-25-21-33-66(72)67-34-22-26-38-73(67)84)51-76(78(77)83)85(74)70-35-23-19-31-64(70)53-27-15-13-16-28-53/h13-52H,1-12H3/i21D,22D,25D,26D,33D,34D,37D,38D. The van der Waals surface area contributed by atoms with Crippen molar-refractivity contribution in [3.8, 4) is 50.2 Å². The van der Waals surface area contributed by atoms with Crippen molar-refractivity contribution in [1.29, 1.82) is 0 Å². The first-order valence-corrected chi connectivity index (χ1v) is 30.2. The normalized spacial score (nSPS) is 14.6. The number of hydrogen-bond acceptors (Lipinski definition) is 2. The van der Waals surface area contributed by atoms with Gasteiger partial charge in [-0.05, 0) is 142 Å². The van der Waals surface area contributed by atoms with Gasteiger partial charge in [0.2, 0.25) is 0 Å². The molecule has 0 radical (unpaired) electrons. The van der Waals surface area contributed by atoms with E-state index in [0.717, 1.165) is 95.0 Å². The second-order valence-corrected chi connectivity index (χ2v) is 27.7. The Labute approximate surface area is 521 Å². The van der Waals surface area contributed by atoms with E-state index in [9.17, 15) is 8.22 Å². The molecule has 1 aromatic heterocycles. The molecular weight excluding hydrogens is 1040 g/mol. The zero-order valence-corrected chi connectivity index (χ0v) is 51.4. The Morgan fingerprint density at radius 1 is 0.314 bits per heavy atom. The molecule has 0 unspecified atom stereocenters. The molecule has 0 N–H and O–H groups in total. The molecule has 422 valence electrons. The molecule has 0 atom stereocenters. The largest absolute Gasteiger partial charge is 0.311 e. The van der Waals surface area contributed by atoms with E-state index in [1.54, 1.807) is 4.57 Å². The molecular formula is C82H76BN3. The van der Waals surface area contributed by atoms with Gasteiger partial charge in [-0.3, -0.25) is 0 Å². The fourth-order valence-electron chi connectivity index (χ4n) is 13.1. The fraction of sp³-hybridized carbons (Fsp3) is 0.195. The van der Waals surface area contributed by atoms with E-state index in [2.05, 4.69) is 275 Å². The summed E-state index contributed by atoms with van der Waals surface area (Å²) in [5.74, 6) is 0. The van der Waals surface area contributed by atoms with Crippen molar-refractivity contribution in [2.45, 2.75) is 105 Å². The predicted octanol–water partition coefficient (Wildman–Crippen LogP) is 20.7. The molecule has 2 aliphatic heterocycles. The van der Waals surface area contributed by atoms with Crippen LogP contribution >= 0.6 is 0 Å². The highest BCUT2D eigenvalue weighted by molar-refractivity contribution is 7.00. The zero-order valence-electron chi connectivity index (χ0n) is 59.4. The van der Waals surface area contributed by atoms with Crippen LogP contribution in [0.4, 0.5) is 34.1 Å². The van der Waals surface area contributed by atoms with Gasteiger partial charge >= 0.3 is 0 Å². The average Bonchev–Trinajstić information content (AvgIpc) is 1.24. The van der Waals surface area contributed by atoms with Crippen LogP contribution in [-0.4, -0.2) is 11.3 Å². The highest BCUT2D eigenvalue weighted by Gasteiger charge is 2.45. The Hall–Kier alpha value is -9.12. The highest BCUT2D eigenvalue weighted by atomic mass is 15.2.